The van der Waals surface area contributed by atoms with E-state index in [-0.39, 0.29) is 17.6 Å². The molecule has 104 valence electrons. The summed E-state index contributed by atoms with van der Waals surface area (Å²) in [6.45, 7) is 4.95. The summed E-state index contributed by atoms with van der Waals surface area (Å²) >= 11 is 0. The summed E-state index contributed by atoms with van der Waals surface area (Å²) in [5, 5.41) is 16.3. The molecule has 0 aliphatic heterocycles. The largest absolute Gasteiger partial charge is 0.355 e. The molecule has 1 unspecified atom stereocenters. The van der Waals surface area contributed by atoms with Crippen molar-refractivity contribution in [3.05, 3.63) is 39.9 Å². The first-order valence-corrected chi connectivity index (χ1v) is 6.29. The van der Waals surface area contributed by atoms with Gasteiger partial charge in [-0.2, -0.15) is 0 Å². The maximum atomic E-state index is 11.5. The van der Waals surface area contributed by atoms with Gasteiger partial charge in [-0.05, 0) is 32.4 Å². The molecule has 0 saturated heterocycles. The van der Waals surface area contributed by atoms with E-state index in [1.54, 1.807) is 19.1 Å². The molecule has 1 amide bonds. The van der Waals surface area contributed by atoms with Crippen molar-refractivity contribution in [1.29, 1.82) is 0 Å². The van der Waals surface area contributed by atoms with E-state index in [0.717, 1.165) is 12.0 Å². The van der Waals surface area contributed by atoms with Crippen molar-refractivity contribution in [2.24, 2.45) is 0 Å². The van der Waals surface area contributed by atoms with Gasteiger partial charge in [-0.15, -0.1) is 0 Å². The van der Waals surface area contributed by atoms with Crippen LogP contribution in [0.25, 0.3) is 0 Å². The molecule has 1 aromatic carbocycles. The lowest BCUT2D eigenvalue weighted by atomic mass is 10.1. The summed E-state index contributed by atoms with van der Waals surface area (Å²) in [5.74, 6) is -0.0220. The van der Waals surface area contributed by atoms with Gasteiger partial charge in [0.2, 0.25) is 5.91 Å². The van der Waals surface area contributed by atoms with Crippen molar-refractivity contribution < 1.29 is 9.72 Å². The SMILES string of the molecule is CCNC(=O)C(C)NCCc1ccc([N+](=O)[O-])cc1. The molecule has 0 bridgehead atoms. The van der Waals surface area contributed by atoms with E-state index in [4.69, 9.17) is 0 Å². The Kier molecular flexibility index (Phi) is 5.95. The number of non-ortho nitro benzene ring substituents is 1. The fraction of sp³-hybridized carbons (Fsp3) is 0.462. The van der Waals surface area contributed by atoms with Crippen LogP contribution in [-0.2, 0) is 11.2 Å². The zero-order valence-corrected chi connectivity index (χ0v) is 11.2. The van der Waals surface area contributed by atoms with Gasteiger partial charge in [0.1, 0.15) is 0 Å². The van der Waals surface area contributed by atoms with E-state index in [1.807, 2.05) is 6.92 Å². The topological polar surface area (TPSA) is 84.3 Å². The van der Waals surface area contributed by atoms with Crippen LogP contribution < -0.4 is 10.6 Å². The number of amides is 1. The van der Waals surface area contributed by atoms with Gasteiger partial charge in [-0.3, -0.25) is 14.9 Å². The predicted molar refractivity (Wildman–Crippen MR) is 72.9 cm³/mol. The predicted octanol–water partition coefficient (Wildman–Crippen LogP) is 1.25. The van der Waals surface area contributed by atoms with Gasteiger partial charge in [0.25, 0.3) is 5.69 Å². The summed E-state index contributed by atoms with van der Waals surface area (Å²) in [4.78, 5) is 21.5. The van der Waals surface area contributed by atoms with Crippen molar-refractivity contribution in [3.63, 3.8) is 0 Å². The van der Waals surface area contributed by atoms with Crippen LogP contribution in [0.15, 0.2) is 24.3 Å². The van der Waals surface area contributed by atoms with E-state index in [1.165, 1.54) is 12.1 Å². The molecule has 0 saturated carbocycles. The quantitative estimate of drug-likeness (QED) is 0.574. The van der Waals surface area contributed by atoms with Gasteiger partial charge in [0.15, 0.2) is 0 Å². The van der Waals surface area contributed by atoms with Gasteiger partial charge < -0.3 is 10.6 Å². The first-order valence-electron chi connectivity index (χ1n) is 6.29. The smallest absolute Gasteiger partial charge is 0.269 e. The van der Waals surface area contributed by atoms with Crippen LogP contribution in [0.1, 0.15) is 19.4 Å². The van der Waals surface area contributed by atoms with Crippen LogP contribution in [0.5, 0.6) is 0 Å². The maximum absolute atomic E-state index is 11.5. The third kappa shape index (κ3) is 5.05. The molecule has 1 rings (SSSR count). The number of likely N-dealkylation sites (N-methyl/N-ethyl adjacent to an activating group) is 1. The van der Waals surface area contributed by atoms with Crippen molar-refractivity contribution in [2.45, 2.75) is 26.3 Å². The third-order valence-corrected chi connectivity index (χ3v) is 2.76. The number of hydrogen-bond acceptors (Lipinski definition) is 4. The third-order valence-electron chi connectivity index (χ3n) is 2.76. The Labute approximate surface area is 112 Å². The number of nitro groups is 1. The molecule has 6 heteroatoms. The summed E-state index contributed by atoms with van der Waals surface area (Å²) in [7, 11) is 0. The lowest BCUT2D eigenvalue weighted by Gasteiger charge is -2.13. The monoisotopic (exact) mass is 265 g/mol. The number of carbonyl (C=O) groups is 1. The van der Waals surface area contributed by atoms with E-state index >= 15 is 0 Å². The van der Waals surface area contributed by atoms with Crippen LogP contribution in [-0.4, -0.2) is 30.0 Å². The number of nitro benzene ring substituents is 1. The van der Waals surface area contributed by atoms with Gasteiger partial charge in [-0.25, -0.2) is 0 Å². The average molecular weight is 265 g/mol. The number of benzene rings is 1. The second-order valence-electron chi connectivity index (χ2n) is 4.24. The molecule has 0 aliphatic rings. The van der Waals surface area contributed by atoms with E-state index in [0.29, 0.717) is 13.1 Å². The van der Waals surface area contributed by atoms with Crippen LogP contribution in [0, 0.1) is 10.1 Å². The molecule has 2 N–H and O–H groups in total. The number of carbonyl (C=O) groups excluding carboxylic acids is 1. The highest BCUT2D eigenvalue weighted by molar-refractivity contribution is 5.81. The number of nitrogens with one attached hydrogen (secondary N) is 2. The van der Waals surface area contributed by atoms with Crippen molar-refractivity contribution >= 4 is 11.6 Å². The van der Waals surface area contributed by atoms with Gasteiger partial charge in [-0.1, -0.05) is 12.1 Å². The van der Waals surface area contributed by atoms with Crippen molar-refractivity contribution in [3.8, 4) is 0 Å². The maximum Gasteiger partial charge on any atom is 0.269 e. The fourth-order valence-electron chi connectivity index (χ4n) is 1.64. The fourth-order valence-corrected chi connectivity index (χ4v) is 1.64. The molecule has 0 fully saturated rings. The number of nitrogens with zero attached hydrogens (tertiary/aromatic N) is 1. The Balaban J connectivity index is 2.36. The van der Waals surface area contributed by atoms with E-state index in [2.05, 4.69) is 10.6 Å². The highest BCUT2D eigenvalue weighted by atomic mass is 16.6. The highest BCUT2D eigenvalue weighted by Crippen LogP contribution is 2.11. The Morgan fingerprint density at radius 3 is 2.53 bits per heavy atom. The highest BCUT2D eigenvalue weighted by Gasteiger charge is 2.10. The van der Waals surface area contributed by atoms with Crippen LogP contribution >= 0.6 is 0 Å². The normalized spacial score (nSPS) is 11.9. The first-order chi connectivity index (χ1) is 9.04. The zero-order chi connectivity index (χ0) is 14.3. The Bertz CT molecular complexity index is 431. The molecule has 0 radical (unpaired) electrons. The number of hydrogen-bond donors (Lipinski definition) is 2. The van der Waals surface area contributed by atoms with E-state index in [9.17, 15) is 14.9 Å². The van der Waals surface area contributed by atoms with Gasteiger partial charge >= 0.3 is 0 Å². The molecule has 19 heavy (non-hydrogen) atoms. The second kappa shape index (κ2) is 7.48. The van der Waals surface area contributed by atoms with Crippen LogP contribution in [0.3, 0.4) is 0 Å². The summed E-state index contributed by atoms with van der Waals surface area (Å²) in [5.41, 5.74) is 1.09. The lowest BCUT2D eigenvalue weighted by molar-refractivity contribution is -0.384. The molecule has 1 aromatic rings. The molecule has 0 spiro atoms. The minimum absolute atomic E-state index is 0.0220. The number of rotatable bonds is 7. The van der Waals surface area contributed by atoms with Gasteiger partial charge in [0, 0.05) is 18.7 Å². The first kappa shape index (κ1) is 15.1. The Hall–Kier alpha value is -1.95. The standard InChI is InChI=1S/C13H19N3O3/c1-3-14-13(17)10(2)15-9-8-11-4-6-12(7-5-11)16(18)19/h4-7,10,15H,3,8-9H2,1-2H3,(H,14,17). The molecular formula is C13H19N3O3. The second-order valence-corrected chi connectivity index (χ2v) is 4.24. The molecule has 6 nitrogen and oxygen atoms in total. The van der Waals surface area contributed by atoms with Crippen molar-refractivity contribution in [2.75, 3.05) is 13.1 Å². The van der Waals surface area contributed by atoms with Crippen LogP contribution in [0.4, 0.5) is 5.69 Å². The van der Waals surface area contributed by atoms with Gasteiger partial charge in [0.05, 0.1) is 11.0 Å². The Morgan fingerprint density at radius 1 is 1.37 bits per heavy atom. The molecule has 0 heterocycles. The van der Waals surface area contributed by atoms with Crippen LogP contribution in [0.2, 0.25) is 0 Å². The van der Waals surface area contributed by atoms with Crippen molar-refractivity contribution in [1.82, 2.24) is 10.6 Å². The van der Waals surface area contributed by atoms with E-state index < -0.39 is 4.92 Å². The summed E-state index contributed by atoms with van der Waals surface area (Å²) < 4.78 is 0. The molecule has 0 aromatic heterocycles. The average Bonchev–Trinajstić information content (AvgIpc) is 2.39. The molecule has 1 atom stereocenters. The summed E-state index contributed by atoms with van der Waals surface area (Å²) in [6, 6.07) is 6.20. The minimum Gasteiger partial charge on any atom is -0.355 e. The zero-order valence-electron chi connectivity index (χ0n) is 11.2. The molecular weight excluding hydrogens is 246 g/mol. The Morgan fingerprint density at radius 2 is 2.00 bits per heavy atom. The lowest BCUT2D eigenvalue weighted by Crippen LogP contribution is -2.42. The summed E-state index contributed by atoms with van der Waals surface area (Å²) in [6.07, 6.45) is 0.724. The minimum atomic E-state index is -0.417. The molecule has 0 aliphatic carbocycles.